The average Bonchev–Trinajstić information content (AvgIpc) is 3.04. The molecule has 4 atom stereocenters. The summed E-state index contributed by atoms with van der Waals surface area (Å²) in [4.78, 5) is 28.4. The minimum Gasteiger partial charge on any atom is -0.508 e. The minimum absolute atomic E-state index is 0.107. The van der Waals surface area contributed by atoms with Gasteiger partial charge in [-0.1, -0.05) is 6.07 Å². The lowest BCUT2D eigenvalue weighted by Crippen LogP contribution is -2.64. The van der Waals surface area contributed by atoms with Crippen molar-refractivity contribution in [1.29, 1.82) is 0 Å². The van der Waals surface area contributed by atoms with E-state index in [9.17, 15) is 24.9 Å². The zero-order valence-corrected chi connectivity index (χ0v) is 15.7. The van der Waals surface area contributed by atoms with E-state index in [1.165, 1.54) is 6.07 Å². The Morgan fingerprint density at radius 1 is 1.25 bits per heavy atom. The lowest BCUT2D eigenvalue weighted by atomic mass is 9.58. The Kier molecular flexibility index (Phi) is 3.27. The van der Waals surface area contributed by atoms with Gasteiger partial charge in [0.1, 0.15) is 11.3 Å². The number of carboxylic acids is 1. The summed E-state index contributed by atoms with van der Waals surface area (Å²) in [6.45, 7) is 0. The van der Waals surface area contributed by atoms with Gasteiger partial charge in [-0.25, -0.2) is 4.79 Å². The normalized spacial score (nSPS) is 32.1. The first kappa shape index (κ1) is 17.5. The van der Waals surface area contributed by atoms with Gasteiger partial charge < -0.3 is 25.2 Å². The van der Waals surface area contributed by atoms with Crippen LogP contribution in [0.3, 0.4) is 0 Å². The fourth-order valence-electron chi connectivity index (χ4n) is 6.24. The lowest BCUT2D eigenvalue weighted by molar-refractivity contribution is -0.0759. The molecule has 28 heavy (non-hydrogen) atoms. The number of hydrogen-bond donors (Lipinski definition) is 4. The van der Waals surface area contributed by atoms with Crippen molar-refractivity contribution in [3.8, 4) is 5.75 Å². The van der Waals surface area contributed by atoms with Crippen LogP contribution in [0.4, 0.5) is 0 Å². The molecule has 3 aliphatic carbocycles. The number of nitrogens with one attached hydrogen (secondary N) is 1. The number of aliphatic hydroxyl groups is 1. The number of fused-ring (bicyclic) bond motifs is 4. The monoisotopic (exact) mass is 382 g/mol. The number of phenols is 1. The van der Waals surface area contributed by atoms with Gasteiger partial charge in [-0.2, -0.15) is 0 Å². The number of aromatic nitrogens is 1. The van der Waals surface area contributed by atoms with E-state index in [4.69, 9.17) is 0 Å². The predicted octanol–water partition coefficient (Wildman–Crippen LogP) is 0.977. The van der Waals surface area contributed by atoms with Crippen molar-refractivity contribution in [2.24, 2.45) is 0 Å². The number of nitrogens with zero attached hydrogens (tertiary/aromatic N) is 1. The summed E-state index contributed by atoms with van der Waals surface area (Å²) >= 11 is 0. The number of likely N-dealkylation sites (N-methyl/N-ethyl adjacent to an activating group) is 1. The molecule has 1 saturated carbocycles. The number of rotatable bonds is 2. The fraction of sp³-hybridized carbons (Fsp3) is 0.429. The molecular formula is C21H22N2O5. The highest BCUT2D eigenvalue weighted by molar-refractivity contribution is 5.87. The lowest BCUT2D eigenvalue weighted by Gasteiger charge is -2.52. The highest BCUT2D eigenvalue weighted by Crippen LogP contribution is 2.66. The van der Waals surface area contributed by atoms with E-state index in [1.54, 1.807) is 12.1 Å². The number of aromatic hydroxyl groups is 1. The second-order valence-electron chi connectivity index (χ2n) is 8.67. The van der Waals surface area contributed by atoms with Gasteiger partial charge >= 0.3 is 5.97 Å². The average molecular weight is 382 g/mol. The van der Waals surface area contributed by atoms with Crippen molar-refractivity contribution < 1.29 is 20.1 Å². The van der Waals surface area contributed by atoms with Gasteiger partial charge in [0, 0.05) is 35.9 Å². The molecule has 0 saturated heterocycles. The van der Waals surface area contributed by atoms with Crippen LogP contribution >= 0.6 is 0 Å². The Bertz CT molecular complexity index is 1090. The van der Waals surface area contributed by atoms with Crippen LogP contribution in [0.5, 0.6) is 5.75 Å². The molecule has 1 aromatic carbocycles. The highest BCUT2D eigenvalue weighted by Gasteiger charge is 2.70. The molecular weight excluding hydrogens is 360 g/mol. The topological polar surface area (TPSA) is 114 Å². The van der Waals surface area contributed by atoms with E-state index in [2.05, 4.69) is 4.98 Å². The van der Waals surface area contributed by atoms with E-state index >= 15 is 0 Å². The molecule has 146 valence electrons. The number of H-pyrrole nitrogens is 1. The van der Waals surface area contributed by atoms with Crippen LogP contribution in [0.2, 0.25) is 0 Å². The predicted molar refractivity (Wildman–Crippen MR) is 101 cm³/mol. The fourth-order valence-corrected chi connectivity index (χ4v) is 6.24. The summed E-state index contributed by atoms with van der Waals surface area (Å²) in [7, 11) is 3.89. The second kappa shape index (κ2) is 5.24. The Morgan fingerprint density at radius 3 is 2.68 bits per heavy atom. The molecule has 5 rings (SSSR count). The Hall–Kier alpha value is -2.64. The maximum absolute atomic E-state index is 12.2. The van der Waals surface area contributed by atoms with E-state index in [1.807, 2.05) is 25.1 Å². The van der Waals surface area contributed by atoms with Gasteiger partial charge in [-0.3, -0.25) is 4.79 Å². The van der Waals surface area contributed by atoms with Crippen LogP contribution in [0, 0.1) is 0 Å². The Labute approximate surface area is 161 Å². The number of benzene rings is 1. The smallest absolute Gasteiger partial charge is 0.341 e. The maximum atomic E-state index is 12.2. The summed E-state index contributed by atoms with van der Waals surface area (Å²) in [5.74, 6) is -1.01. The van der Waals surface area contributed by atoms with Crippen LogP contribution in [0.15, 0.2) is 29.1 Å². The molecule has 2 aromatic rings. The first-order chi connectivity index (χ1) is 13.2. The molecule has 7 nitrogen and oxygen atoms in total. The number of carboxylic acid groups (broad SMARTS) is 1. The molecule has 1 heterocycles. The number of pyridine rings is 1. The third-order valence-electron chi connectivity index (χ3n) is 7.16. The minimum atomic E-state index is -1.27. The highest BCUT2D eigenvalue weighted by atomic mass is 16.4. The summed E-state index contributed by atoms with van der Waals surface area (Å²) in [5.41, 5.74) is 0.743. The molecule has 0 radical (unpaired) electrons. The molecule has 3 aliphatic rings. The summed E-state index contributed by atoms with van der Waals surface area (Å²) in [6.07, 6.45) is 1.40. The summed E-state index contributed by atoms with van der Waals surface area (Å²) in [5, 5.41) is 31.4. The number of aromatic amines is 1. The van der Waals surface area contributed by atoms with Crippen molar-refractivity contribution in [2.45, 2.75) is 42.2 Å². The third-order valence-corrected chi connectivity index (χ3v) is 7.16. The quantitative estimate of drug-likeness (QED) is 0.616. The van der Waals surface area contributed by atoms with Crippen molar-refractivity contribution in [3.05, 3.63) is 62.6 Å². The molecule has 1 spiro atoms. The second-order valence-corrected chi connectivity index (χ2v) is 8.67. The van der Waals surface area contributed by atoms with Gasteiger partial charge in [0.25, 0.3) is 5.56 Å². The molecule has 4 unspecified atom stereocenters. The van der Waals surface area contributed by atoms with Gasteiger partial charge in [0.2, 0.25) is 0 Å². The zero-order valence-electron chi connectivity index (χ0n) is 15.7. The van der Waals surface area contributed by atoms with Gasteiger partial charge in [0.15, 0.2) is 0 Å². The van der Waals surface area contributed by atoms with E-state index in [-0.39, 0.29) is 29.7 Å². The molecule has 2 bridgehead atoms. The molecule has 0 amide bonds. The van der Waals surface area contributed by atoms with E-state index in [0.29, 0.717) is 17.7 Å². The van der Waals surface area contributed by atoms with Crippen LogP contribution < -0.4 is 5.56 Å². The Morgan fingerprint density at radius 2 is 2.00 bits per heavy atom. The molecule has 1 fully saturated rings. The van der Waals surface area contributed by atoms with Gasteiger partial charge in [0.05, 0.1) is 5.60 Å². The van der Waals surface area contributed by atoms with Crippen LogP contribution in [-0.2, 0) is 18.3 Å². The van der Waals surface area contributed by atoms with E-state index < -0.39 is 22.5 Å². The SMILES string of the molecule is CN(C)C1C2CC3(Cc4[nH]c(=O)c(C(=O)O)cc4CC13O)c1cc(O)ccc12. The largest absolute Gasteiger partial charge is 0.508 e. The first-order valence-corrected chi connectivity index (χ1v) is 9.38. The standard InChI is InChI=1S/C21H22N2O5/c1-23(2)17-14-8-20(15-6-11(24)3-4-12(14)15)9-16-10(7-21(17,20)28)5-13(19(26)27)18(25)22-16/h3-6,14,17,24,28H,7-9H2,1-2H3,(H,22,25)(H,26,27). The zero-order chi connectivity index (χ0) is 20.0. The van der Waals surface area contributed by atoms with Crippen LogP contribution in [0.25, 0.3) is 0 Å². The summed E-state index contributed by atoms with van der Waals surface area (Å²) < 4.78 is 0. The van der Waals surface area contributed by atoms with Crippen LogP contribution in [-0.4, -0.2) is 56.9 Å². The molecule has 1 aromatic heterocycles. The molecule has 4 N–H and O–H groups in total. The van der Waals surface area contributed by atoms with Gasteiger partial charge in [-0.05, 0) is 55.4 Å². The molecule has 0 aliphatic heterocycles. The number of phenolic OH excluding ortho intramolecular Hbond substituents is 1. The number of hydrogen-bond acceptors (Lipinski definition) is 5. The van der Waals surface area contributed by atoms with Crippen LogP contribution in [0.1, 0.15) is 45.1 Å². The van der Waals surface area contributed by atoms with Crippen molar-refractivity contribution >= 4 is 5.97 Å². The first-order valence-electron chi connectivity index (χ1n) is 9.38. The number of carbonyl (C=O) groups is 1. The number of aromatic carboxylic acids is 1. The van der Waals surface area contributed by atoms with Crippen molar-refractivity contribution in [3.63, 3.8) is 0 Å². The maximum Gasteiger partial charge on any atom is 0.341 e. The van der Waals surface area contributed by atoms with Gasteiger partial charge in [-0.15, -0.1) is 0 Å². The van der Waals surface area contributed by atoms with Crippen molar-refractivity contribution in [1.82, 2.24) is 9.88 Å². The molecule has 7 heteroatoms. The van der Waals surface area contributed by atoms with E-state index in [0.717, 1.165) is 17.5 Å². The third kappa shape index (κ3) is 1.90. The van der Waals surface area contributed by atoms with Crippen molar-refractivity contribution in [2.75, 3.05) is 14.1 Å². The summed E-state index contributed by atoms with van der Waals surface area (Å²) in [6, 6.07) is 6.62. The Balaban J connectivity index is 1.76.